The highest BCUT2D eigenvalue weighted by molar-refractivity contribution is 6.27. The maximum atomic E-state index is 13.0. The number of ether oxygens (including phenoxy) is 1. The number of urea groups is 1. The second kappa shape index (κ2) is 10.3. The minimum absolute atomic E-state index is 0.128. The molecule has 4 amide bonds. The van der Waals surface area contributed by atoms with Crippen molar-refractivity contribution in [2.24, 2.45) is 10.9 Å². The van der Waals surface area contributed by atoms with Gasteiger partial charge >= 0.3 is 6.03 Å². The smallest absolute Gasteiger partial charge is 0.331 e. The van der Waals surface area contributed by atoms with Gasteiger partial charge in [0.05, 0.1) is 19.8 Å². The topological polar surface area (TPSA) is 91.3 Å². The van der Waals surface area contributed by atoms with Crippen LogP contribution in [0.15, 0.2) is 35.3 Å². The van der Waals surface area contributed by atoms with Gasteiger partial charge in [0, 0.05) is 31.9 Å². The van der Waals surface area contributed by atoms with Crippen LogP contribution in [0.5, 0.6) is 0 Å². The Morgan fingerprint density at radius 2 is 1.90 bits per heavy atom. The fourth-order valence-electron chi connectivity index (χ4n) is 3.57. The molecule has 1 unspecified atom stereocenters. The monoisotopic (exact) mass is 400 g/mol. The van der Waals surface area contributed by atoms with Gasteiger partial charge in [-0.05, 0) is 18.4 Å². The van der Waals surface area contributed by atoms with Gasteiger partial charge in [-0.3, -0.25) is 29.7 Å². The molecule has 2 heterocycles. The van der Waals surface area contributed by atoms with Gasteiger partial charge in [-0.25, -0.2) is 4.79 Å². The van der Waals surface area contributed by atoms with Crippen LogP contribution in [0.3, 0.4) is 0 Å². The highest BCUT2D eigenvalue weighted by Gasteiger charge is 2.42. The van der Waals surface area contributed by atoms with Crippen molar-refractivity contribution in [1.82, 2.24) is 15.1 Å². The lowest BCUT2D eigenvalue weighted by molar-refractivity contribution is -0.139. The zero-order valence-electron chi connectivity index (χ0n) is 16.8. The Balaban J connectivity index is 1.64. The summed E-state index contributed by atoms with van der Waals surface area (Å²) in [5.74, 6) is -2.13. The van der Waals surface area contributed by atoms with Crippen LogP contribution in [-0.2, 0) is 20.9 Å². The van der Waals surface area contributed by atoms with E-state index < -0.39 is 23.8 Å². The van der Waals surface area contributed by atoms with Gasteiger partial charge in [-0.1, -0.05) is 37.3 Å². The van der Waals surface area contributed by atoms with Crippen LogP contribution in [0, 0.1) is 5.92 Å². The molecule has 0 aromatic heterocycles. The number of rotatable bonds is 8. The van der Waals surface area contributed by atoms with E-state index in [2.05, 4.69) is 15.2 Å². The van der Waals surface area contributed by atoms with Crippen LogP contribution in [0.1, 0.15) is 25.3 Å². The van der Waals surface area contributed by atoms with Gasteiger partial charge in [0.1, 0.15) is 0 Å². The number of morpholine rings is 1. The Labute approximate surface area is 170 Å². The molecule has 8 heteroatoms. The maximum absolute atomic E-state index is 13.0. The molecule has 0 saturated carbocycles. The molecule has 156 valence electrons. The molecule has 0 radical (unpaired) electrons. The summed E-state index contributed by atoms with van der Waals surface area (Å²) >= 11 is 0. The molecule has 2 aliphatic rings. The van der Waals surface area contributed by atoms with Gasteiger partial charge in [0.2, 0.25) is 11.8 Å². The summed E-state index contributed by atoms with van der Waals surface area (Å²) in [4.78, 5) is 45.6. The van der Waals surface area contributed by atoms with Crippen molar-refractivity contribution >= 4 is 23.6 Å². The first kappa shape index (κ1) is 21.1. The Hall–Kier alpha value is -2.58. The third-order valence-electron chi connectivity index (χ3n) is 5.18. The first-order valence-corrected chi connectivity index (χ1v) is 10.1. The molecular formula is C21H28N4O4. The third kappa shape index (κ3) is 5.48. The average Bonchev–Trinajstić information content (AvgIpc) is 2.74. The summed E-state index contributed by atoms with van der Waals surface area (Å²) in [5, 5.41) is 2.31. The molecule has 2 aliphatic heterocycles. The fraction of sp³-hybridized carbons (Fsp3) is 0.524. The van der Waals surface area contributed by atoms with Crippen LogP contribution < -0.4 is 5.32 Å². The summed E-state index contributed by atoms with van der Waals surface area (Å²) in [6.07, 6.45) is 1.33. The van der Waals surface area contributed by atoms with Crippen molar-refractivity contribution in [2.75, 3.05) is 39.4 Å². The standard InChI is InChI=1S/C21H28N4O4/c1-2-17(22-9-6-10-24-11-13-29-14-12-24)18-19(26)23-21(28)25(20(18)27)15-16-7-4-3-5-8-16/h3-5,7-8,18H,2,6,9-15H2,1H3,(H,23,26,28). The maximum Gasteiger partial charge on any atom is 0.331 e. The van der Waals surface area contributed by atoms with Crippen molar-refractivity contribution in [3.8, 4) is 0 Å². The number of benzene rings is 1. The first-order chi connectivity index (χ1) is 14.1. The normalized spacial score (nSPS) is 21.4. The highest BCUT2D eigenvalue weighted by atomic mass is 16.5. The van der Waals surface area contributed by atoms with Crippen molar-refractivity contribution in [2.45, 2.75) is 26.3 Å². The molecule has 1 aromatic carbocycles. The number of imide groups is 2. The van der Waals surface area contributed by atoms with E-state index >= 15 is 0 Å². The van der Waals surface area contributed by atoms with Crippen LogP contribution in [0.25, 0.3) is 0 Å². The average molecular weight is 400 g/mol. The van der Waals surface area contributed by atoms with E-state index in [1.54, 1.807) is 0 Å². The van der Waals surface area contributed by atoms with E-state index in [4.69, 9.17) is 4.74 Å². The molecule has 1 atom stereocenters. The molecule has 0 spiro atoms. The first-order valence-electron chi connectivity index (χ1n) is 10.1. The van der Waals surface area contributed by atoms with Gasteiger partial charge in [0.15, 0.2) is 5.92 Å². The summed E-state index contributed by atoms with van der Waals surface area (Å²) in [6, 6.07) is 8.56. The van der Waals surface area contributed by atoms with E-state index in [9.17, 15) is 14.4 Å². The number of carbonyl (C=O) groups excluding carboxylic acids is 3. The summed E-state index contributed by atoms with van der Waals surface area (Å²) in [5.41, 5.74) is 1.35. The molecule has 3 rings (SSSR count). The van der Waals surface area contributed by atoms with Gasteiger partial charge in [-0.2, -0.15) is 0 Å². The molecular weight excluding hydrogens is 372 g/mol. The number of aliphatic imine (C=N–C) groups is 1. The van der Waals surface area contributed by atoms with Crippen LogP contribution in [-0.4, -0.2) is 72.7 Å². The fourth-order valence-corrected chi connectivity index (χ4v) is 3.57. The lowest BCUT2D eigenvalue weighted by Crippen LogP contribution is -2.59. The summed E-state index contributed by atoms with van der Waals surface area (Å²) in [7, 11) is 0. The summed E-state index contributed by atoms with van der Waals surface area (Å²) in [6.45, 7) is 6.81. The molecule has 2 fully saturated rings. The SMILES string of the molecule is CCC(=NCCCN1CCOCC1)C1C(=O)NC(=O)N(Cc2ccccc2)C1=O. The lowest BCUT2D eigenvalue weighted by Gasteiger charge is -2.30. The number of barbiturate groups is 1. The van der Waals surface area contributed by atoms with Crippen LogP contribution in [0.4, 0.5) is 4.79 Å². The molecule has 1 N–H and O–H groups in total. The Morgan fingerprint density at radius 3 is 2.59 bits per heavy atom. The Kier molecular flexibility index (Phi) is 7.48. The second-order valence-corrected chi connectivity index (χ2v) is 7.17. The number of nitrogens with one attached hydrogen (secondary N) is 1. The lowest BCUT2D eigenvalue weighted by atomic mass is 9.96. The molecule has 0 bridgehead atoms. The molecule has 8 nitrogen and oxygen atoms in total. The molecule has 0 aliphatic carbocycles. The number of hydrogen-bond donors (Lipinski definition) is 1. The predicted molar refractivity (Wildman–Crippen MR) is 108 cm³/mol. The van der Waals surface area contributed by atoms with Crippen molar-refractivity contribution in [3.05, 3.63) is 35.9 Å². The quantitative estimate of drug-likeness (QED) is 0.405. The van der Waals surface area contributed by atoms with Gasteiger partial charge in [-0.15, -0.1) is 0 Å². The molecule has 1 aromatic rings. The van der Waals surface area contributed by atoms with E-state index in [1.807, 2.05) is 37.3 Å². The van der Waals surface area contributed by atoms with E-state index in [1.165, 1.54) is 0 Å². The Morgan fingerprint density at radius 1 is 1.17 bits per heavy atom. The zero-order valence-corrected chi connectivity index (χ0v) is 16.8. The van der Waals surface area contributed by atoms with Crippen LogP contribution >= 0.6 is 0 Å². The number of hydrogen-bond acceptors (Lipinski definition) is 6. The van der Waals surface area contributed by atoms with Crippen molar-refractivity contribution < 1.29 is 19.1 Å². The largest absolute Gasteiger partial charge is 0.379 e. The summed E-state index contributed by atoms with van der Waals surface area (Å²) < 4.78 is 5.34. The molecule has 2 saturated heterocycles. The van der Waals surface area contributed by atoms with Crippen molar-refractivity contribution in [1.29, 1.82) is 0 Å². The molecule has 29 heavy (non-hydrogen) atoms. The zero-order chi connectivity index (χ0) is 20.6. The van der Waals surface area contributed by atoms with Gasteiger partial charge < -0.3 is 4.74 Å². The predicted octanol–water partition coefficient (Wildman–Crippen LogP) is 1.45. The van der Waals surface area contributed by atoms with Gasteiger partial charge in [0.25, 0.3) is 0 Å². The Bertz CT molecular complexity index is 759. The minimum Gasteiger partial charge on any atom is -0.379 e. The highest BCUT2D eigenvalue weighted by Crippen LogP contribution is 2.17. The third-order valence-corrected chi connectivity index (χ3v) is 5.18. The minimum atomic E-state index is -1.04. The van der Waals surface area contributed by atoms with Crippen LogP contribution in [0.2, 0.25) is 0 Å². The second-order valence-electron chi connectivity index (χ2n) is 7.17. The number of carbonyl (C=O) groups is 3. The number of amides is 4. The van der Waals surface area contributed by atoms with E-state index in [0.717, 1.165) is 49.7 Å². The van der Waals surface area contributed by atoms with Crippen molar-refractivity contribution in [3.63, 3.8) is 0 Å². The van der Waals surface area contributed by atoms with E-state index in [-0.39, 0.29) is 6.54 Å². The van der Waals surface area contributed by atoms with E-state index in [0.29, 0.717) is 18.7 Å². The number of nitrogens with zero attached hydrogens (tertiary/aromatic N) is 3.